The third-order valence-corrected chi connectivity index (χ3v) is 3.97. The summed E-state index contributed by atoms with van der Waals surface area (Å²) in [6.45, 7) is 2.67. The Kier molecular flexibility index (Phi) is 9.63. The SMILES string of the molecule is CCCCCCCCC[C@H](O)CC(=O)N[C@H]1CCO[C@@H]1O. The van der Waals surface area contributed by atoms with Gasteiger partial charge in [-0.3, -0.25) is 4.79 Å². The molecule has 21 heavy (non-hydrogen) atoms. The van der Waals surface area contributed by atoms with Gasteiger partial charge in [0.1, 0.15) is 0 Å². The van der Waals surface area contributed by atoms with Gasteiger partial charge in [-0.25, -0.2) is 0 Å². The first kappa shape index (κ1) is 18.4. The van der Waals surface area contributed by atoms with Crippen molar-refractivity contribution in [3.63, 3.8) is 0 Å². The second-order valence-corrected chi connectivity index (χ2v) is 5.99. The molecule has 0 unspecified atom stereocenters. The van der Waals surface area contributed by atoms with Crippen molar-refractivity contribution < 1.29 is 19.7 Å². The molecule has 1 saturated heterocycles. The number of carbonyl (C=O) groups excluding carboxylic acids is 1. The fraction of sp³-hybridized carbons (Fsp3) is 0.938. The zero-order valence-corrected chi connectivity index (χ0v) is 13.2. The molecule has 5 nitrogen and oxygen atoms in total. The molecule has 1 aliphatic heterocycles. The van der Waals surface area contributed by atoms with Crippen LogP contribution in [0, 0.1) is 0 Å². The summed E-state index contributed by atoms with van der Waals surface area (Å²) in [5.74, 6) is -0.208. The van der Waals surface area contributed by atoms with Crippen molar-refractivity contribution in [3.05, 3.63) is 0 Å². The van der Waals surface area contributed by atoms with Crippen LogP contribution in [0.5, 0.6) is 0 Å². The molecule has 0 aromatic carbocycles. The van der Waals surface area contributed by atoms with Gasteiger partial charge in [-0.1, -0.05) is 51.9 Å². The number of hydrogen-bond acceptors (Lipinski definition) is 4. The van der Waals surface area contributed by atoms with E-state index in [0.717, 1.165) is 12.8 Å². The summed E-state index contributed by atoms with van der Waals surface area (Å²) in [5.41, 5.74) is 0. The van der Waals surface area contributed by atoms with Gasteiger partial charge in [0, 0.05) is 0 Å². The largest absolute Gasteiger partial charge is 0.393 e. The molecule has 0 radical (unpaired) electrons. The van der Waals surface area contributed by atoms with E-state index in [1.807, 2.05) is 0 Å². The maximum atomic E-state index is 11.7. The van der Waals surface area contributed by atoms with Gasteiger partial charge >= 0.3 is 0 Å². The Balaban J connectivity index is 1.99. The van der Waals surface area contributed by atoms with Crippen LogP contribution in [0.4, 0.5) is 0 Å². The van der Waals surface area contributed by atoms with Crippen LogP contribution < -0.4 is 5.32 Å². The van der Waals surface area contributed by atoms with Gasteiger partial charge in [0.15, 0.2) is 6.29 Å². The van der Waals surface area contributed by atoms with Gasteiger partial charge in [-0.2, -0.15) is 0 Å². The van der Waals surface area contributed by atoms with E-state index in [1.54, 1.807) is 0 Å². The van der Waals surface area contributed by atoms with E-state index < -0.39 is 12.4 Å². The Morgan fingerprint density at radius 2 is 1.90 bits per heavy atom. The quantitative estimate of drug-likeness (QED) is 0.511. The van der Waals surface area contributed by atoms with Crippen molar-refractivity contribution in [2.75, 3.05) is 6.61 Å². The minimum absolute atomic E-state index is 0.110. The Hall–Kier alpha value is -0.650. The van der Waals surface area contributed by atoms with E-state index in [1.165, 1.54) is 32.1 Å². The van der Waals surface area contributed by atoms with Gasteiger partial charge in [0.25, 0.3) is 0 Å². The van der Waals surface area contributed by atoms with Crippen LogP contribution in [0.3, 0.4) is 0 Å². The zero-order chi connectivity index (χ0) is 15.5. The van der Waals surface area contributed by atoms with Gasteiger partial charge in [0.2, 0.25) is 5.91 Å². The highest BCUT2D eigenvalue weighted by molar-refractivity contribution is 5.76. The first-order valence-corrected chi connectivity index (χ1v) is 8.40. The third-order valence-electron chi connectivity index (χ3n) is 3.97. The van der Waals surface area contributed by atoms with Crippen molar-refractivity contribution in [3.8, 4) is 0 Å². The number of ether oxygens (including phenoxy) is 1. The molecule has 0 aromatic heterocycles. The van der Waals surface area contributed by atoms with Gasteiger partial charge < -0.3 is 20.3 Å². The monoisotopic (exact) mass is 301 g/mol. The Bertz CT molecular complexity index is 285. The maximum absolute atomic E-state index is 11.7. The summed E-state index contributed by atoms with van der Waals surface area (Å²) >= 11 is 0. The highest BCUT2D eigenvalue weighted by Gasteiger charge is 2.27. The molecular weight excluding hydrogens is 270 g/mol. The zero-order valence-electron chi connectivity index (χ0n) is 13.2. The van der Waals surface area contributed by atoms with Gasteiger partial charge in [-0.05, 0) is 12.8 Å². The fourth-order valence-electron chi connectivity index (χ4n) is 2.64. The molecule has 3 N–H and O–H groups in total. The second-order valence-electron chi connectivity index (χ2n) is 5.99. The van der Waals surface area contributed by atoms with Crippen LogP contribution in [0.1, 0.15) is 71.1 Å². The summed E-state index contributed by atoms with van der Waals surface area (Å²) in [5, 5.41) is 22.0. The second kappa shape index (κ2) is 11.0. The lowest BCUT2D eigenvalue weighted by Crippen LogP contribution is -2.41. The molecule has 1 heterocycles. The average molecular weight is 301 g/mol. The number of hydrogen-bond donors (Lipinski definition) is 3. The topological polar surface area (TPSA) is 78.8 Å². The number of amides is 1. The third kappa shape index (κ3) is 8.39. The van der Waals surface area contributed by atoms with Crippen LogP contribution in [-0.2, 0) is 9.53 Å². The molecule has 1 fully saturated rings. The molecule has 3 atom stereocenters. The predicted molar refractivity (Wildman–Crippen MR) is 81.7 cm³/mol. The Morgan fingerprint density at radius 1 is 1.24 bits per heavy atom. The van der Waals surface area contributed by atoms with E-state index in [4.69, 9.17) is 4.74 Å². The van der Waals surface area contributed by atoms with E-state index >= 15 is 0 Å². The number of rotatable bonds is 11. The van der Waals surface area contributed by atoms with Crippen LogP contribution in [0.15, 0.2) is 0 Å². The Morgan fingerprint density at radius 3 is 2.52 bits per heavy atom. The maximum Gasteiger partial charge on any atom is 0.222 e. The lowest BCUT2D eigenvalue weighted by Gasteiger charge is -2.16. The van der Waals surface area contributed by atoms with Crippen molar-refractivity contribution in [1.29, 1.82) is 0 Å². The molecule has 1 rings (SSSR count). The van der Waals surface area contributed by atoms with E-state index in [0.29, 0.717) is 19.4 Å². The number of carbonyl (C=O) groups is 1. The molecule has 1 aliphatic rings. The fourth-order valence-corrected chi connectivity index (χ4v) is 2.64. The molecule has 124 valence electrons. The highest BCUT2D eigenvalue weighted by atomic mass is 16.6. The van der Waals surface area contributed by atoms with Crippen molar-refractivity contribution in [2.45, 2.75) is 89.6 Å². The summed E-state index contributed by atoms with van der Waals surface area (Å²) in [6, 6.07) is -0.330. The first-order valence-electron chi connectivity index (χ1n) is 8.40. The average Bonchev–Trinajstić information content (AvgIpc) is 2.83. The molecule has 1 amide bonds. The number of nitrogens with one attached hydrogen (secondary N) is 1. The lowest BCUT2D eigenvalue weighted by atomic mass is 10.0. The molecule has 0 spiro atoms. The molecular formula is C16H31NO4. The summed E-state index contributed by atoms with van der Waals surface area (Å²) in [7, 11) is 0. The molecule has 5 heteroatoms. The van der Waals surface area contributed by atoms with Crippen LogP contribution in [0.25, 0.3) is 0 Å². The van der Waals surface area contributed by atoms with Crippen molar-refractivity contribution >= 4 is 5.91 Å². The smallest absolute Gasteiger partial charge is 0.222 e. The normalized spacial score (nSPS) is 23.2. The minimum Gasteiger partial charge on any atom is -0.393 e. The van der Waals surface area contributed by atoms with Crippen LogP contribution in [0.2, 0.25) is 0 Å². The van der Waals surface area contributed by atoms with E-state index in [2.05, 4.69) is 12.2 Å². The minimum atomic E-state index is -0.908. The molecule has 0 saturated carbocycles. The van der Waals surface area contributed by atoms with Gasteiger partial charge in [0.05, 0.1) is 25.2 Å². The lowest BCUT2D eigenvalue weighted by molar-refractivity contribution is -0.127. The number of aliphatic hydroxyl groups excluding tert-OH is 2. The molecule has 0 aliphatic carbocycles. The summed E-state index contributed by atoms with van der Waals surface area (Å²) in [6.07, 6.45) is 8.35. The summed E-state index contributed by atoms with van der Waals surface area (Å²) < 4.78 is 4.97. The van der Waals surface area contributed by atoms with Crippen LogP contribution in [-0.4, -0.2) is 41.2 Å². The van der Waals surface area contributed by atoms with Crippen LogP contribution >= 0.6 is 0 Å². The van der Waals surface area contributed by atoms with Gasteiger partial charge in [-0.15, -0.1) is 0 Å². The molecule has 0 bridgehead atoms. The number of aliphatic hydroxyl groups is 2. The molecule has 0 aromatic rings. The van der Waals surface area contributed by atoms with E-state index in [9.17, 15) is 15.0 Å². The Labute approximate surface area is 128 Å². The predicted octanol–water partition coefficient (Wildman–Crippen LogP) is 2.10. The first-order chi connectivity index (χ1) is 10.1. The highest BCUT2D eigenvalue weighted by Crippen LogP contribution is 2.13. The summed E-state index contributed by atoms with van der Waals surface area (Å²) in [4.78, 5) is 11.7. The number of unbranched alkanes of at least 4 members (excludes halogenated alkanes) is 6. The standard InChI is InChI=1S/C16H31NO4/c1-2-3-4-5-6-7-8-9-13(18)12-15(19)17-14-10-11-21-16(14)20/h13-14,16,18,20H,2-12H2,1H3,(H,17,19)/t13-,14-,16-/m0/s1. The van der Waals surface area contributed by atoms with Crippen molar-refractivity contribution in [1.82, 2.24) is 5.32 Å². The van der Waals surface area contributed by atoms with Crippen molar-refractivity contribution in [2.24, 2.45) is 0 Å². The van der Waals surface area contributed by atoms with E-state index in [-0.39, 0.29) is 18.4 Å².